The molecule has 0 aliphatic heterocycles. The molecule has 0 saturated heterocycles. The van der Waals surface area contributed by atoms with Crippen molar-refractivity contribution >= 4 is 10.0 Å². The molecule has 0 atom stereocenters. The largest absolute Gasteiger partial charge is 0.287 e. The Morgan fingerprint density at radius 3 is 2.85 bits per heavy atom. The van der Waals surface area contributed by atoms with E-state index in [1.807, 2.05) is 4.89 Å². The predicted molar refractivity (Wildman–Crippen MR) is 45.2 cm³/mol. The average molecular weight is 205 g/mol. The van der Waals surface area contributed by atoms with Gasteiger partial charge in [0.2, 0.25) is 0 Å². The van der Waals surface area contributed by atoms with Gasteiger partial charge in [-0.3, -0.25) is 9.52 Å². The molecule has 1 aromatic heterocycles. The second-order valence-corrected chi connectivity index (χ2v) is 4.01. The van der Waals surface area contributed by atoms with E-state index in [-0.39, 0.29) is 11.5 Å². The van der Waals surface area contributed by atoms with Crippen LogP contribution in [0.15, 0.2) is 17.3 Å². The van der Waals surface area contributed by atoms with Gasteiger partial charge in [-0.05, 0) is 6.92 Å². The number of nitrogens with one attached hydrogen (secondary N) is 1. The summed E-state index contributed by atoms with van der Waals surface area (Å²) in [6.45, 7) is 1.96. The lowest BCUT2D eigenvalue weighted by molar-refractivity contribution is 0.105. The normalized spacial score (nSPS) is 11.8. The summed E-state index contributed by atoms with van der Waals surface area (Å²) in [5, 5.41) is 3.73. The van der Waals surface area contributed by atoms with E-state index in [4.69, 9.17) is 0 Å². The van der Waals surface area contributed by atoms with Crippen LogP contribution in [0.2, 0.25) is 0 Å². The van der Waals surface area contributed by atoms with Crippen LogP contribution in [-0.4, -0.2) is 24.8 Å². The first kappa shape index (κ1) is 10.2. The molecular weight excluding hydrogens is 194 g/mol. The van der Waals surface area contributed by atoms with Crippen molar-refractivity contribution in [3.63, 3.8) is 0 Å². The second-order valence-electron chi connectivity index (χ2n) is 2.37. The van der Waals surface area contributed by atoms with Crippen LogP contribution in [0.25, 0.3) is 0 Å². The van der Waals surface area contributed by atoms with Gasteiger partial charge in [-0.25, -0.2) is 8.42 Å². The molecule has 1 N–H and O–H groups in total. The van der Waals surface area contributed by atoms with Crippen molar-refractivity contribution in [3.8, 4) is 0 Å². The monoisotopic (exact) mass is 205 g/mol. The number of aromatic nitrogens is 2. The minimum atomic E-state index is -3.56. The van der Waals surface area contributed by atoms with Crippen LogP contribution in [0.4, 0.5) is 0 Å². The van der Waals surface area contributed by atoms with Crippen molar-refractivity contribution in [2.24, 2.45) is 7.05 Å². The summed E-state index contributed by atoms with van der Waals surface area (Å²) in [6.07, 6.45) is 2.64. The molecule has 0 aliphatic carbocycles. The van der Waals surface area contributed by atoms with Gasteiger partial charge in [-0.15, -0.1) is 0 Å². The third kappa shape index (κ3) is 2.51. The Labute approximate surface area is 76.5 Å². The maximum atomic E-state index is 11.3. The molecule has 1 heterocycles. The summed E-state index contributed by atoms with van der Waals surface area (Å²) in [7, 11) is -1.92. The van der Waals surface area contributed by atoms with Gasteiger partial charge in [0, 0.05) is 13.2 Å². The molecule has 6 nitrogen and oxygen atoms in total. The zero-order valence-corrected chi connectivity index (χ0v) is 8.21. The summed E-state index contributed by atoms with van der Waals surface area (Å²) >= 11 is 0. The Morgan fingerprint density at radius 1 is 1.69 bits per heavy atom. The van der Waals surface area contributed by atoms with Crippen LogP contribution in [0, 0.1) is 0 Å². The van der Waals surface area contributed by atoms with Gasteiger partial charge in [0.15, 0.2) is 0 Å². The number of aryl methyl sites for hydroxylation is 1. The lowest BCUT2D eigenvalue weighted by Gasteiger charge is -2.01. The summed E-state index contributed by atoms with van der Waals surface area (Å²) in [4.78, 5) is 6.63. The lowest BCUT2D eigenvalue weighted by atomic mass is 10.7. The molecule has 0 fully saturated rings. The van der Waals surface area contributed by atoms with E-state index in [0.29, 0.717) is 0 Å². The molecule has 13 heavy (non-hydrogen) atoms. The highest BCUT2D eigenvalue weighted by molar-refractivity contribution is 7.89. The smallest absolute Gasteiger partial charge is 0.265 e. The maximum absolute atomic E-state index is 11.3. The van der Waals surface area contributed by atoms with E-state index in [1.165, 1.54) is 17.1 Å². The van der Waals surface area contributed by atoms with Gasteiger partial charge in [0.05, 0.1) is 12.8 Å². The average Bonchev–Trinajstić information content (AvgIpc) is 2.49. The van der Waals surface area contributed by atoms with Crippen molar-refractivity contribution < 1.29 is 13.3 Å². The standard InChI is InChI=1S/C6H11N3O3S/c1-3-12-8-13(10,11)6-4-7-9(2)5-6/h4-5,8H,3H2,1-2H3. The quantitative estimate of drug-likeness (QED) is 0.682. The van der Waals surface area contributed by atoms with Gasteiger partial charge in [-0.2, -0.15) is 5.10 Å². The molecule has 1 rings (SSSR count). The van der Waals surface area contributed by atoms with Gasteiger partial charge >= 0.3 is 0 Å². The summed E-state index contributed by atoms with van der Waals surface area (Å²) in [5.41, 5.74) is 0. The molecule has 7 heteroatoms. The van der Waals surface area contributed by atoms with Crippen LogP contribution >= 0.6 is 0 Å². The Morgan fingerprint density at radius 2 is 2.38 bits per heavy atom. The molecule has 0 bridgehead atoms. The Balaban J connectivity index is 2.82. The number of hydrogen-bond acceptors (Lipinski definition) is 4. The molecule has 0 saturated carbocycles. The van der Waals surface area contributed by atoms with Crippen molar-refractivity contribution in [2.45, 2.75) is 11.8 Å². The highest BCUT2D eigenvalue weighted by Gasteiger charge is 2.15. The van der Waals surface area contributed by atoms with E-state index in [0.717, 1.165) is 0 Å². The molecule has 0 spiro atoms. The molecular formula is C6H11N3O3S. The van der Waals surface area contributed by atoms with Gasteiger partial charge in [0.25, 0.3) is 10.0 Å². The molecule has 0 amide bonds. The molecule has 0 aromatic carbocycles. The highest BCUT2D eigenvalue weighted by atomic mass is 32.2. The van der Waals surface area contributed by atoms with Crippen LogP contribution in [0.1, 0.15) is 6.92 Å². The predicted octanol–water partition coefficient (Wildman–Crippen LogP) is -0.350. The maximum Gasteiger partial charge on any atom is 0.265 e. The topological polar surface area (TPSA) is 73.2 Å². The fourth-order valence-corrected chi connectivity index (χ4v) is 1.57. The molecule has 0 radical (unpaired) electrons. The zero-order valence-electron chi connectivity index (χ0n) is 7.39. The molecule has 0 unspecified atom stereocenters. The summed E-state index contributed by atoms with van der Waals surface area (Å²) in [5.74, 6) is 0. The van der Waals surface area contributed by atoms with Crippen LogP contribution in [-0.2, 0) is 21.9 Å². The Hall–Kier alpha value is -0.920. The zero-order chi connectivity index (χ0) is 9.90. The molecule has 74 valence electrons. The number of nitrogens with zero attached hydrogens (tertiary/aromatic N) is 2. The molecule has 1 aromatic rings. The van der Waals surface area contributed by atoms with Crippen LogP contribution in [0.5, 0.6) is 0 Å². The fourth-order valence-electron chi connectivity index (χ4n) is 0.722. The number of rotatable bonds is 4. The van der Waals surface area contributed by atoms with Gasteiger partial charge in [-0.1, -0.05) is 4.89 Å². The third-order valence-corrected chi connectivity index (χ3v) is 2.47. The van der Waals surface area contributed by atoms with E-state index in [1.54, 1.807) is 14.0 Å². The van der Waals surface area contributed by atoms with Crippen molar-refractivity contribution in [1.29, 1.82) is 0 Å². The lowest BCUT2D eigenvalue weighted by Crippen LogP contribution is -2.23. The SMILES string of the molecule is CCONS(=O)(=O)c1cnn(C)c1. The first-order chi connectivity index (χ1) is 6.06. The minimum absolute atomic E-state index is 0.0865. The highest BCUT2D eigenvalue weighted by Crippen LogP contribution is 2.05. The van der Waals surface area contributed by atoms with Gasteiger partial charge < -0.3 is 0 Å². The first-order valence-corrected chi connectivity index (χ1v) is 5.17. The first-order valence-electron chi connectivity index (χ1n) is 3.68. The van der Waals surface area contributed by atoms with E-state index < -0.39 is 10.0 Å². The van der Waals surface area contributed by atoms with Crippen molar-refractivity contribution in [1.82, 2.24) is 14.7 Å². The van der Waals surface area contributed by atoms with E-state index >= 15 is 0 Å². The van der Waals surface area contributed by atoms with Crippen molar-refractivity contribution in [3.05, 3.63) is 12.4 Å². The van der Waals surface area contributed by atoms with E-state index in [2.05, 4.69) is 9.94 Å². The number of hydrogen-bond donors (Lipinski definition) is 1. The van der Waals surface area contributed by atoms with Crippen LogP contribution in [0.3, 0.4) is 0 Å². The van der Waals surface area contributed by atoms with Gasteiger partial charge in [0.1, 0.15) is 4.90 Å². The summed E-state index contributed by atoms with van der Waals surface area (Å²) < 4.78 is 24.0. The third-order valence-electron chi connectivity index (χ3n) is 1.30. The number of sulfonamides is 1. The minimum Gasteiger partial charge on any atom is -0.287 e. The Kier molecular flexibility index (Phi) is 3.02. The summed E-state index contributed by atoms with van der Waals surface area (Å²) in [6, 6.07) is 0. The van der Waals surface area contributed by atoms with Crippen LogP contribution < -0.4 is 4.89 Å². The molecule has 0 aliphatic rings. The second kappa shape index (κ2) is 3.86. The Bertz CT molecular complexity index is 370. The van der Waals surface area contributed by atoms with Crippen molar-refractivity contribution in [2.75, 3.05) is 6.61 Å². The van der Waals surface area contributed by atoms with E-state index in [9.17, 15) is 8.42 Å². The fraction of sp³-hybridized carbons (Fsp3) is 0.500.